The number of nitrogens with one attached hydrogen (secondary N) is 1. The molecule has 0 amide bonds. The number of halogens is 1. The van der Waals surface area contributed by atoms with E-state index in [0.717, 1.165) is 28.7 Å². The lowest BCUT2D eigenvalue weighted by atomic mass is 9.96. The highest BCUT2D eigenvalue weighted by Crippen LogP contribution is 2.40. The molecule has 0 spiro atoms. The molecule has 0 radical (unpaired) electrons. The molecule has 2 unspecified atom stereocenters. The Bertz CT molecular complexity index is 541. The van der Waals surface area contributed by atoms with Gasteiger partial charge in [0.05, 0.1) is 29.0 Å². The second kappa shape index (κ2) is 6.08. The predicted octanol–water partition coefficient (Wildman–Crippen LogP) is 2.90. The van der Waals surface area contributed by atoms with Gasteiger partial charge in [0.15, 0.2) is 0 Å². The summed E-state index contributed by atoms with van der Waals surface area (Å²) in [5, 5.41) is 8.03. The Kier molecular flexibility index (Phi) is 4.78. The zero-order chi connectivity index (χ0) is 15.8. The molecule has 2 atom stereocenters. The smallest absolute Gasteiger partial charge is 0.326 e. The molecule has 0 saturated heterocycles. The van der Waals surface area contributed by atoms with Gasteiger partial charge in [-0.15, -0.1) is 0 Å². The number of nitrogens with zero attached hydrogens (tertiary/aromatic N) is 2. The zero-order valence-corrected chi connectivity index (χ0v) is 15.0. The molecule has 0 bridgehead atoms. The van der Waals surface area contributed by atoms with Gasteiger partial charge >= 0.3 is 5.97 Å². The van der Waals surface area contributed by atoms with Gasteiger partial charge in [-0.2, -0.15) is 5.10 Å². The third-order valence-electron chi connectivity index (χ3n) is 4.21. The summed E-state index contributed by atoms with van der Waals surface area (Å²) in [4.78, 5) is 12.3. The lowest BCUT2D eigenvalue weighted by Gasteiger charge is -2.30. The van der Waals surface area contributed by atoms with Crippen LogP contribution in [0.1, 0.15) is 50.5 Å². The fourth-order valence-corrected chi connectivity index (χ4v) is 3.61. The molecule has 1 aliphatic rings. The first-order valence-electron chi connectivity index (χ1n) is 7.38. The van der Waals surface area contributed by atoms with Gasteiger partial charge in [-0.3, -0.25) is 14.8 Å². The molecule has 21 heavy (non-hydrogen) atoms. The van der Waals surface area contributed by atoms with E-state index in [4.69, 9.17) is 4.74 Å². The van der Waals surface area contributed by atoms with E-state index >= 15 is 0 Å². The number of aromatic nitrogens is 2. The van der Waals surface area contributed by atoms with E-state index in [1.165, 1.54) is 7.11 Å². The van der Waals surface area contributed by atoms with Crippen molar-refractivity contribution in [2.45, 2.75) is 64.6 Å². The molecule has 118 valence electrons. The van der Waals surface area contributed by atoms with Crippen molar-refractivity contribution in [3.8, 4) is 0 Å². The van der Waals surface area contributed by atoms with Crippen LogP contribution >= 0.6 is 15.9 Å². The number of rotatable bonds is 4. The van der Waals surface area contributed by atoms with Gasteiger partial charge in [-0.1, -0.05) is 0 Å². The van der Waals surface area contributed by atoms with Gasteiger partial charge < -0.3 is 4.74 Å². The first-order chi connectivity index (χ1) is 9.80. The maximum absolute atomic E-state index is 12.3. The predicted molar refractivity (Wildman–Crippen MR) is 85.3 cm³/mol. The average molecular weight is 358 g/mol. The number of esters is 1. The first-order valence-corrected chi connectivity index (χ1v) is 8.17. The van der Waals surface area contributed by atoms with Gasteiger partial charge in [-0.05, 0) is 62.9 Å². The number of aryl methyl sites for hydroxylation is 1. The van der Waals surface area contributed by atoms with Crippen molar-refractivity contribution in [2.24, 2.45) is 0 Å². The fraction of sp³-hybridized carbons (Fsp3) is 0.733. The molecule has 1 N–H and O–H groups in total. The van der Waals surface area contributed by atoms with Gasteiger partial charge in [-0.25, -0.2) is 0 Å². The molecule has 1 saturated carbocycles. The lowest BCUT2D eigenvalue weighted by molar-refractivity contribution is -0.148. The van der Waals surface area contributed by atoms with Crippen molar-refractivity contribution in [3.05, 3.63) is 15.9 Å². The van der Waals surface area contributed by atoms with Crippen LogP contribution in [0, 0.1) is 13.8 Å². The van der Waals surface area contributed by atoms with Crippen molar-refractivity contribution in [1.82, 2.24) is 15.1 Å². The molecule has 5 nitrogen and oxygen atoms in total. The summed E-state index contributed by atoms with van der Waals surface area (Å²) in [5.74, 6) is -0.167. The summed E-state index contributed by atoms with van der Waals surface area (Å²) in [6.45, 7) is 8.15. The van der Waals surface area contributed by atoms with Crippen LogP contribution < -0.4 is 5.32 Å². The van der Waals surface area contributed by atoms with Crippen molar-refractivity contribution in [2.75, 3.05) is 7.11 Å². The number of methoxy groups -OCH3 is 1. The lowest BCUT2D eigenvalue weighted by Crippen LogP contribution is -2.53. The largest absolute Gasteiger partial charge is 0.468 e. The van der Waals surface area contributed by atoms with E-state index in [1.54, 1.807) is 0 Å². The van der Waals surface area contributed by atoms with E-state index < -0.39 is 5.54 Å². The Labute approximate surface area is 134 Å². The van der Waals surface area contributed by atoms with Crippen LogP contribution in [0.15, 0.2) is 4.47 Å². The summed E-state index contributed by atoms with van der Waals surface area (Å²) in [7, 11) is 1.46. The van der Waals surface area contributed by atoms with Crippen LogP contribution in [0.2, 0.25) is 0 Å². The number of carbonyl (C=O) groups excluding carboxylic acids is 1. The van der Waals surface area contributed by atoms with Gasteiger partial charge in [0, 0.05) is 6.04 Å². The Morgan fingerprint density at radius 2 is 2.19 bits per heavy atom. The van der Waals surface area contributed by atoms with Crippen LogP contribution in [0.3, 0.4) is 0 Å². The molecule has 1 aromatic heterocycles. The van der Waals surface area contributed by atoms with E-state index in [1.807, 2.05) is 11.6 Å². The highest BCUT2D eigenvalue weighted by Gasteiger charge is 2.47. The standard InChI is InChI=1S/C15H24BrN3O2/c1-9(2)17-15(14(20)21-5)7-6-12(8-15)19-11(4)13(16)10(3)18-19/h9,12,17H,6-8H2,1-5H3. The Hall–Kier alpha value is -0.880. The molecule has 1 fully saturated rings. The monoisotopic (exact) mass is 357 g/mol. The summed E-state index contributed by atoms with van der Waals surface area (Å²) in [5.41, 5.74) is 1.51. The number of ether oxygens (including phenoxy) is 1. The summed E-state index contributed by atoms with van der Waals surface area (Å²) >= 11 is 3.57. The van der Waals surface area contributed by atoms with Crippen molar-refractivity contribution < 1.29 is 9.53 Å². The zero-order valence-electron chi connectivity index (χ0n) is 13.4. The highest BCUT2D eigenvalue weighted by atomic mass is 79.9. The summed E-state index contributed by atoms with van der Waals surface area (Å²) in [6.07, 6.45) is 2.41. The SMILES string of the molecule is COC(=O)C1(NC(C)C)CCC(n2nc(C)c(Br)c2C)C1. The molecule has 0 aliphatic heterocycles. The van der Waals surface area contributed by atoms with Crippen molar-refractivity contribution >= 4 is 21.9 Å². The van der Waals surface area contributed by atoms with Crippen molar-refractivity contribution in [3.63, 3.8) is 0 Å². The van der Waals surface area contributed by atoms with Crippen LogP contribution in [-0.4, -0.2) is 34.4 Å². The summed E-state index contributed by atoms with van der Waals surface area (Å²) in [6, 6.07) is 0.454. The van der Waals surface area contributed by atoms with Crippen LogP contribution in [0.25, 0.3) is 0 Å². The van der Waals surface area contributed by atoms with Gasteiger partial charge in [0.1, 0.15) is 5.54 Å². The fourth-order valence-electron chi connectivity index (χ4n) is 3.35. The van der Waals surface area contributed by atoms with E-state index in [9.17, 15) is 4.79 Å². The maximum Gasteiger partial charge on any atom is 0.326 e. The molecule has 1 aromatic rings. The molecule has 0 aromatic carbocycles. The molecule has 1 aliphatic carbocycles. The van der Waals surface area contributed by atoms with E-state index in [-0.39, 0.29) is 18.1 Å². The molecular formula is C15H24BrN3O2. The highest BCUT2D eigenvalue weighted by molar-refractivity contribution is 9.10. The molecule has 2 rings (SSSR count). The Balaban J connectivity index is 2.27. The summed E-state index contributed by atoms with van der Waals surface area (Å²) < 4.78 is 8.14. The second-order valence-corrected chi connectivity index (χ2v) is 6.99. The van der Waals surface area contributed by atoms with E-state index in [0.29, 0.717) is 6.42 Å². The quantitative estimate of drug-likeness (QED) is 0.841. The van der Waals surface area contributed by atoms with Crippen LogP contribution in [0.5, 0.6) is 0 Å². The molecule has 6 heteroatoms. The minimum absolute atomic E-state index is 0.167. The topological polar surface area (TPSA) is 56.1 Å². The molecular weight excluding hydrogens is 334 g/mol. The average Bonchev–Trinajstić information content (AvgIpc) is 2.95. The van der Waals surface area contributed by atoms with E-state index in [2.05, 4.69) is 47.1 Å². The third kappa shape index (κ3) is 3.01. The maximum atomic E-state index is 12.3. The van der Waals surface area contributed by atoms with Gasteiger partial charge in [0.25, 0.3) is 0 Å². The third-order valence-corrected chi connectivity index (χ3v) is 5.36. The second-order valence-electron chi connectivity index (χ2n) is 6.20. The Morgan fingerprint density at radius 1 is 1.52 bits per heavy atom. The van der Waals surface area contributed by atoms with Gasteiger partial charge in [0.2, 0.25) is 0 Å². The number of carbonyl (C=O) groups is 1. The molecule has 1 heterocycles. The van der Waals surface area contributed by atoms with Crippen LogP contribution in [-0.2, 0) is 9.53 Å². The van der Waals surface area contributed by atoms with Crippen molar-refractivity contribution in [1.29, 1.82) is 0 Å². The number of hydrogen-bond donors (Lipinski definition) is 1. The minimum Gasteiger partial charge on any atom is -0.468 e. The Morgan fingerprint density at radius 3 is 2.67 bits per heavy atom. The minimum atomic E-state index is -0.591. The first kappa shape index (κ1) is 16.5. The number of hydrogen-bond acceptors (Lipinski definition) is 4. The normalized spacial score (nSPS) is 25.6. The van der Waals surface area contributed by atoms with Crippen LogP contribution in [0.4, 0.5) is 0 Å².